The minimum atomic E-state index is 0.0912. The molecule has 2 aromatic rings. The molecule has 0 saturated heterocycles. The molecule has 1 N–H and O–H groups in total. The number of aromatic nitrogens is 1. The molecule has 3 heterocycles. The van der Waals surface area contributed by atoms with Crippen molar-refractivity contribution >= 4 is 34.7 Å². The first-order chi connectivity index (χ1) is 13.6. The second-order valence-electron chi connectivity index (χ2n) is 10.1. The van der Waals surface area contributed by atoms with Crippen molar-refractivity contribution in [2.24, 2.45) is 20.8 Å². The Balaban J connectivity index is 1.76. The lowest BCUT2D eigenvalue weighted by Crippen LogP contribution is -2.25. The summed E-state index contributed by atoms with van der Waals surface area (Å²) in [6, 6.07) is 8.67. The zero-order chi connectivity index (χ0) is 20.8. The summed E-state index contributed by atoms with van der Waals surface area (Å²) >= 11 is 0. The van der Waals surface area contributed by atoms with E-state index in [0.29, 0.717) is 25.0 Å². The second-order valence-corrected chi connectivity index (χ2v) is 10.1. The summed E-state index contributed by atoms with van der Waals surface area (Å²) in [5, 5.41) is 4.25. The number of hydrogen-bond acceptors (Lipinski definition) is 4. The lowest BCUT2D eigenvalue weighted by Gasteiger charge is -2.21. The molecule has 4 rings (SSSR count). The van der Waals surface area contributed by atoms with E-state index in [0.717, 1.165) is 21.5 Å². The molecule has 0 spiro atoms. The van der Waals surface area contributed by atoms with Crippen LogP contribution in [0.5, 0.6) is 0 Å². The summed E-state index contributed by atoms with van der Waals surface area (Å²) in [4.78, 5) is 13.1. The van der Waals surface area contributed by atoms with Crippen molar-refractivity contribution in [1.29, 1.82) is 0 Å². The molecule has 0 bridgehead atoms. The molecule has 5 heteroatoms. The molecular weight excluding hydrogens is 362 g/mol. The molecule has 0 amide bonds. The Morgan fingerprint density at radius 2 is 1.21 bits per heavy atom. The molecule has 0 fully saturated rings. The topological polar surface area (TPSA) is 59.0 Å². The molecule has 0 aliphatic carbocycles. The van der Waals surface area contributed by atoms with E-state index in [9.17, 15) is 0 Å². The van der Waals surface area contributed by atoms with Crippen molar-refractivity contribution in [3.05, 3.63) is 35.0 Å². The normalized spacial score (nSPS) is 23.9. The van der Waals surface area contributed by atoms with Gasteiger partial charge in [-0.3, -0.25) is 0 Å². The highest BCUT2D eigenvalue weighted by Crippen LogP contribution is 2.27. The molecule has 1 aromatic heterocycles. The fourth-order valence-electron chi connectivity index (χ4n) is 3.54. The molecule has 5 nitrogen and oxygen atoms in total. The number of benzene rings is 1. The van der Waals surface area contributed by atoms with Crippen LogP contribution in [-0.4, -0.2) is 42.1 Å². The Bertz CT molecular complexity index is 1010. The molecule has 2 aliphatic heterocycles. The quantitative estimate of drug-likeness (QED) is 0.850. The van der Waals surface area contributed by atoms with E-state index in [2.05, 4.69) is 58.7 Å². The summed E-state index contributed by atoms with van der Waals surface area (Å²) in [5.41, 5.74) is 0.182. The van der Waals surface area contributed by atoms with Gasteiger partial charge < -0.3 is 14.5 Å². The molecule has 0 unspecified atom stereocenters. The maximum atomic E-state index is 5.85. The Labute approximate surface area is 172 Å². The Morgan fingerprint density at radius 1 is 0.793 bits per heavy atom. The van der Waals surface area contributed by atoms with Crippen molar-refractivity contribution in [2.75, 3.05) is 13.2 Å². The van der Waals surface area contributed by atoms with Gasteiger partial charge in [-0.25, -0.2) is 9.98 Å². The van der Waals surface area contributed by atoms with Gasteiger partial charge in [-0.2, -0.15) is 0 Å². The fraction of sp³-hybridized carbons (Fsp3) is 0.500. The van der Waals surface area contributed by atoms with Crippen molar-refractivity contribution in [2.45, 2.75) is 53.6 Å². The zero-order valence-electron chi connectivity index (χ0n) is 18.2. The molecule has 154 valence electrons. The predicted octanol–water partition coefficient (Wildman–Crippen LogP) is 3.42. The van der Waals surface area contributed by atoms with Crippen molar-refractivity contribution in [3.63, 3.8) is 0 Å². The minimum absolute atomic E-state index is 0.0912. The van der Waals surface area contributed by atoms with Gasteiger partial charge in [0.05, 0.1) is 22.8 Å². The summed E-state index contributed by atoms with van der Waals surface area (Å²) in [6.07, 6.45) is 4.00. The Kier molecular flexibility index (Phi) is 4.80. The van der Waals surface area contributed by atoms with E-state index in [-0.39, 0.29) is 22.9 Å². The highest BCUT2D eigenvalue weighted by molar-refractivity contribution is 6.09. The van der Waals surface area contributed by atoms with Gasteiger partial charge in [0, 0.05) is 22.9 Å². The van der Waals surface area contributed by atoms with Crippen molar-refractivity contribution in [3.8, 4) is 0 Å². The predicted molar refractivity (Wildman–Crippen MR) is 120 cm³/mol. The number of fused-ring (bicyclic) bond motifs is 1. The molecular formula is C24H31N3O2. The van der Waals surface area contributed by atoms with Crippen molar-refractivity contribution < 1.29 is 9.47 Å². The third-order valence-electron chi connectivity index (χ3n) is 5.66. The van der Waals surface area contributed by atoms with Crippen LogP contribution in [0.1, 0.15) is 41.5 Å². The van der Waals surface area contributed by atoms with Gasteiger partial charge in [-0.05, 0) is 10.8 Å². The highest BCUT2D eigenvalue weighted by Gasteiger charge is 2.30. The lowest BCUT2D eigenvalue weighted by molar-refractivity contribution is 0.237. The van der Waals surface area contributed by atoms with Gasteiger partial charge >= 0.3 is 0 Å². The molecule has 2 atom stereocenters. The molecule has 2 aliphatic rings. The number of ether oxygens (including phenoxy) is 2. The van der Waals surface area contributed by atoms with Crippen LogP contribution in [0.4, 0.5) is 0 Å². The minimum Gasteiger partial charge on any atom is -0.476 e. The molecule has 29 heavy (non-hydrogen) atoms. The number of nitrogens with one attached hydrogen (secondary N) is 1. The van der Waals surface area contributed by atoms with Crippen LogP contribution < -0.4 is 10.7 Å². The van der Waals surface area contributed by atoms with Crippen LogP contribution in [0.2, 0.25) is 0 Å². The van der Waals surface area contributed by atoms with Gasteiger partial charge in [-0.15, -0.1) is 0 Å². The van der Waals surface area contributed by atoms with Gasteiger partial charge in [-0.1, -0.05) is 65.8 Å². The number of rotatable bonds is 2. The number of nitrogens with zero attached hydrogens (tertiary/aromatic N) is 2. The average molecular weight is 394 g/mol. The van der Waals surface area contributed by atoms with Gasteiger partial charge in [0.25, 0.3) is 0 Å². The number of aromatic amines is 1. The SMILES string of the molecule is CC(C)(C)[C@H]1COC(C=c2[nH]c(=CC3=N[C@@H](C(C)(C)C)CO3)c3ccccc23)=N1. The summed E-state index contributed by atoms with van der Waals surface area (Å²) < 4.78 is 11.7. The van der Waals surface area contributed by atoms with Gasteiger partial charge in [0.15, 0.2) is 0 Å². The van der Waals surface area contributed by atoms with E-state index in [1.807, 2.05) is 24.3 Å². The first-order valence-electron chi connectivity index (χ1n) is 10.3. The Hall–Kier alpha value is -2.56. The average Bonchev–Trinajstić information content (AvgIpc) is 3.35. The van der Waals surface area contributed by atoms with Crippen LogP contribution in [0.25, 0.3) is 22.9 Å². The van der Waals surface area contributed by atoms with E-state index in [4.69, 9.17) is 19.5 Å². The lowest BCUT2D eigenvalue weighted by atomic mass is 9.88. The fourth-order valence-corrected chi connectivity index (χ4v) is 3.54. The van der Waals surface area contributed by atoms with Crippen LogP contribution >= 0.6 is 0 Å². The zero-order valence-corrected chi connectivity index (χ0v) is 18.2. The summed E-state index contributed by atoms with van der Waals surface area (Å²) in [6.45, 7) is 14.4. The maximum absolute atomic E-state index is 5.85. The maximum Gasteiger partial charge on any atom is 0.211 e. The van der Waals surface area contributed by atoms with Crippen LogP contribution in [-0.2, 0) is 9.47 Å². The van der Waals surface area contributed by atoms with Crippen LogP contribution in [0.15, 0.2) is 34.3 Å². The smallest absolute Gasteiger partial charge is 0.211 e. The van der Waals surface area contributed by atoms with Crippen molar-refractivity contribution in [1.82, 2.24) is 4.98 Å². The Morgan fingerprint density at radius 3 is 1.55 bits per heavy atom. The van der Waals surface area contributed by atoms with E-state index < -0.39 is 0 Å². The standard InChI is InChI=1S/C24H31N3O2/c1-23(2,3)19-13-28-21(26-19)11-17-15-9-7-8-10-16(15)18(25-17)12-22-27-20(14-29-22)24(4,5)6/h7-12,19-20,25H,13-14H2,1-6H3/t19-,20-/m1/s1. The largest absolute Gasteiger partial charge is 0.476 e. The molecule has 0 radical (unpaired) electrons. The third-order valence-corrected chi connectivity index (χ3v) is 5.66. The summed E-state index contributed by atoms with van der Waals surface area (Å²) in [7, 11) is 0. The van der Waals surface area contributed by atoms with Crippen LogP contribution in [0, 0.1) is 10.8 Å². The molecule has 1 aromatic carbocycles. The molecule has 0 saturated carbocycles. The number of H-pyrrole nitrogens is 1. The van der Waals surface area contributed by atoms with E-state index in [1.165, 1.54) is 0 Å². The highest BCUT2D eigenvalue weighted by atomic mass is 16.5. The third kappa shape index (κ3) is 4.09. The van der Waals surface area contributed by atoms with E-state index >= 15 is 0 Å². The second kappa shape index (κ2) is 7.05. The van der Waals surface area contributed by atoms with E-state index in [1.54, 1.807) is 0 Å². The first-order valence-corrected chi connectivity index (χ1v) is 10.3. The monoisotopic (exact) mass is 393 g/mol. The van der Waals surface area contributed by atoms with Gasteiger partial charge in [0.2, 0.25) is 11.8 Å². The summed E-state index contributed by atoms with van der Waals surface area (Å²) in [5.74, 6) is 1.37. The number of aliphatic imine (C=N–C) groups is 2. The van der Waals surface area contributed by atoms with Gasteiger partial charge in [0.1, 0.15) is 13.2 Å². The number of hydrogen-bond donors (Lipinski definition) is 1. The first kappa shape index (κ1) is 19.7. The van der Waals surface area contributed by atoms with Crippen LogP contribution in [0.3, 0.4) is 0 Å².